The van der Waals surface area contributed by atoms with Crippen LogP contribution in [-0.4, -0.2) is 16.1 Å². The van der Waals surface area contributed by atoms with E-state index < -0.39 is 5.97 Å². The van der Waals surface area contributed by atoms with E-state index in [1.54, 1.807) is 13.1 Å². The van der Waals surface area contributed by atoms with Gasteiger partial charge in [0, 0.05) is 16.4 Å². The molecule has 1 heterocycles. The van der Waals surface area contributed by atoms with Gasteiger partial charge in [0.05, 0.1) is 5.92 Å². The monoisotopic (exact) mass is 271 g/mol. The van der Waals surface area contributed by atoms with Crippen molar-refractivity contribution in [3.05, 3.63) is 28.5 Å². The van der Waals surface area contributed by atoms with Crippen LogP contribution in [0.2, 0.25) is 0 Å². The maximum absolute atomic E-state index is 10.8. The van der Waals surface area contributed by atoms with Gasteiger partial charge in [0.1, 0.15) is 0 Å². The Labute approximate surface area is 97.7 Å². The average Bonchev–Trinajstić information content (AvgIpc) is 2.20. The Morgan fingerprint density at radius 1 is 1.53 bits per heavy atom. The van der Waals surface area contributed by atoms with Gasteiger partial charge in [-0.1, -0.05) is 13.8 Å². The van der Waals surface area contributed by atoms with Crippen LogP contribution in [0.4, 0.5) is 0 Å². The first kappa shape index (κ1) is 12.2. The predicted octanol–water partition coefficient (Wildman–Crippen LogP) is 2.74. The number of halogens is 1. The number of carbonyl (C=O) groups is 1. The molecule has 0 spiro atoms. The second-order valence-corrected chi connectivity index (χ2v) is 4.69. The number of rotatable bonds is 4. The third-order valence-electron chi connectivity index (χ3n) is 2.56. The van der Waals surface area contributed by atoms with Crippen LogP contribution in [0.15, 0.2) is 22.8 Å². The topological polar surface area (TPSA) is 50.2 Å². The molecule has 0 radical (unpaired) electrons. The number of pyridine rings is 1. The molecule has 2 atom stereocenters. The van der Waals surface area contributed by atoms with E-state index in [1.807, 2.05) is 19.1 Å². The number of nitrogens with zero attached hydrogens (tertiary/aromatic N) is 1. The van der Waals surface area contributed by atoms with Gasteiger partial charge < -0.3 is 5.11 Å². The molecule has 0 saturated heterocycles. The summed E-state index contributed by atoms with van der Waals surface area (Å²) in [4.78, 5) is 15.0. The van der Waals surface area contributed by atoms with Crippen molar-refractivity contribution in [2.45, 2.75) is 20.3 Å². The van der Waals surface area contributed by atoms with Crippen molar-refractivity contribution in [2.24, 2.45) is 11.8 Å². The lowest BCUT2D eigenvalue weighted by Crippen LogP contribution is -2.20. The molecule has 1 aromatic rings. The lowest BCUT2D eigenvalue weighted by Gasteiger charge is -2.15. The molecular formula is C11H14BrNO2. The maximum Gasteiger partial charge on any atom is 0.306 e. The van der Waals surface area contributed by atoms with E-state index in [9.17, 15) is 4.79 Å². The summed E-state index contributed by atoms with van der Waals surface area (Å²) >= 11 is 3.31. The van der Waals surface area contributed by atoms with Gasteiger partial charge in [0.25, 0.3) is 0 Å². The summed E-state index contributed by atoms with van der Waals surface area (Å²) in [6.45, 7) is 3.66. The zero-order valence-corrected chi connectivity index (χ0v) is 10.4. The fourth-order valence-electron chi connectivity index (χ4n) is 1.28. The van der Waals surface area contributed by atoms with Crippen molar-refractivity contribution in [2.75, 3.05) is 0 Å². The van der Waals surface area contributed by atoms with Gasteiger partial charge in [-0.15, -0.1) is 0 Å². The van der Waals surface area contributed by atoms with Crippen LogP contribution in [0.25, 0.3) is 0 Å². The highest BCUT2D eigenvalue weighted by molar-refractivity contribution is 9.10. The van der Waals surface area contributed by atoms with Crippen molar-refractivity contribution >= 4 is 21.9 Å². The fraction of sp³-hybridized carbons (Fsp3) is 0.455. The van der Waals surface area contributed by atoms with Crippen molar-refractivity contribution in [1.29, 1.82) is 0 Å². The Bertz CT molecular complexity index is 337. The number of aliphatic carboxylic acids is 1. The molecule has 1 rings (SSSR count). The minimum Gasteiger partial charge on any atom is -0.481 e. The lowest BCUT2D eigenvalue weighted by atomic mass is 9.91. The van der Waals surface area contributed by atoms with Gasteiger partial charge in [-0.3, -0.25) is 9.78 Å². The molecule has 1 N–H and O–H groups in total. The molecular weight excluding hydrogens is 258 g/mol. The first-order valence-corrected chi connectivity index (χ1v) is 5.63. The summed E-state index contributed by atoms with van der Waals surface area (Å²) in [5.74, 6) is -0.994. The second-order valence-electron chi connectivity index (χ2n) is 3.78. The van der Waals surface area contributed by atoms with Crippen molar-refractivity contribution in [1.82, 2.24) is 4.98 Å². The second kappa shape index (κ2) is 5.26. The van der Waals surface area contributed by atoms with Crippen LogP contribution in [0.1, 0.15) is 19.5 Å². The van der Waals surface area contributed by atoms with Crippen molar-refractivity contribution in [3.63, 3.8) is 0 Å². The third-order valence-corrected chi connectivity index (χ3v) is 3.03. The number of aromatic nitrogens is 1. The Kier molecular flexibility index (Phi) is 4.27. The standard InChI is InChI=1S/C11H14BrNO2/c1-7(8(2)11(14)15)5-10-4-3-9(12)6-13-10/h3-4,6-8H,5H2,1-2H3,(H,14,15). The summed E-state index contributed by atoms with van der Waals surface area (Å²) in [5, 5.41) is 8.85. The Morgan fingerprint density at radius 3 is 2.67 bits per heavy atom. The predicted molar refractivity (Wildman–Crippen MR) is 61.6 cm³/mol. The zero-order chi connectivity index (χ0) is 11.4. The first-order chi connectivity index (χ1) is 7.00. The first-order valence-electron chi connectivity index (χ1n) is 4.84. The molecule has 0 amide bonds. The van der Waals surface area contributed by atoms with Crippen LogP contribution in [0.3, 0.4) is 0 Å². The molecule has 0 aliphatic rings. The SMILES string of the molecule is CC(Cc1ccc(Br)cn1)C(C)C(=O)O. The Morgan fingerprint density at radius 2 is 2.20 bits per heavy atom. The fourth-order valence-corrected chi connectivity index (χ4v) is 1.51. The summed E-state index contributed by atoms with van der Waals surface area (Å²) in [6, 6.07) is 3.83. The molecule has 2 unspecified atom stereocenters. The summed E-state index contributed by atoms with van der Waals surface area (Å²) in [6.07, 6.45) is 2.42. The third kappa shape index (κ3) is 3.63. The smallest absolute Gasteiger partial charge is 0.306 e. The molecule has 0 aromatic carbocycles. The van der Waals surface area contributed by atoms with Crippen LogP contribution in [-0.2, 0) is 11.2 Å². The largest absolute Gasteiger partial charge is 0.481 e. The minimum absolute atomic E-state index is 0.0937. The van der Waals surface area contributed by atoms with Gasteiger partial charge in [-0.25, -0.2) is 0 Å². The van der Waals surface area contributed by atoms with Gasteiger partial charge in [-0.2, -0.15) is 0 Å². The van der Waals surface area contributed by atoms with E-state index >= 15 is 0 Å². The Hall–Kier alpha value is -0.900. The highest BCUT2D eigenvalue weighted by atomic mass is 79.9. The van der Waals surface area contributed by atoms with Crippen molar-refractivity contribution in [3.8, 4) is 0 Å². The van der Waals surface area contributed by atoms with E-state index in [4.69, 9.17) is 5.11 Å². The lowest BCUT2D eigenvalue weighted by molar-refractivity contribution is -0.142. The quantitative estimate of drug-likeness (QED) is 0.916. The van der Waals surface area contributed by atoms with Gasteiger partial charge >= 0.3 is 5.97 Å². The van der Waals surface area contributed by atoms with Crippen LogP contribution < -0.4 is 0 Å². The molecule has 0 saturated carbocycles. The van der Waals surface area contributed by atoms with E-state index in [2.05, 4.69) is 20.9 Å². The zero-order valence-electron chi connectivity index (χ0n) is 8.77. The molecule has 82 valence electrons. The van der Waals surface area contributed by atoms with Gasteiger partial charge in [0.15, 0.2) is 0 Å². The van der Waals surface area contributed by atoms with E-state index in [-0.39, 0.29) is 11.8 Å². The van der Waals surface area contributed by atoms with Gasteiger partial charge in [0.2, 0.25) is 0 Å². The molecule has 0 fully saturated rings. The van der Waals surface area contributed by atoms with Crippen LogP contribution in [0.5, 0.6) is 0 Å². The molecule has 1 aromatic heterocycles. The van der Waals surface area contributed by atoms with Gasteiger partial charge in [-0.05, 0) is 40.4 Å². The molecule has 0 aliphatic heterocycles. The highest BCUT2D eigenvalue weighted by Crippen LogP contribution is 2.17. The number of carboxylic acids is 1. The molecule has 4 heteroatoms. The molecule has 3 nitrogen and oxygen atoms in total. The summed E-state index contributed by atoms with van der Waals surface area (Å²) in [5.41, 5.74) is 0.929. The minimum atomic E-state index is -0.750. The summed E-state index contributed by atoms with van der Waals surface area (Å²) < 4.78 is 0.935. The van der Waals surface area contributed by atoms with Crippen LogP contribution in [0, 0.1) is 11.8 Å². The highest BCUT2D eigenvalue weighted by Gasteiger charge is 2.19. The summed E-state index contributed by atoms with van der Waals surface area (Å²) in [7, 11) is 0. The van der Waals surface area contributed by atoms with E-state index in [1.165, 1.54) is 0 Å². The number of hydrogen-bond donors (Lipinski definition) is 1. The number of carboxylic acid groups (broad SMARTS) is 1. The average molecular weight is 272 g/mol. The maximum atomic E-state index is 10.8. The van der Waals surface area contributed by atoms with E-state index in [0.29, 0.717) is 6.42 Å². The molecule has 15 heavy (non-hydrogen) atoms. The molecule has 0 aliphatic carbocycles. The molecule has 0 bridgehead atoms. The van der Waals surface area contributed by atoms with E-state index in [0.717, 1.165) is 10.2 Å². The Balaban J connectivity index is 2.62. The van der Waals surface area contributed by atoms with Crippen molar-refractivity contribution < 1.29 is 9.90 Å². The van der Waals surface area contributed by atoms with Crippen LogP contribution >= 0.6 is 15.9 Å². The number of hydrogen-bond acceptors (Lipinski definition) is 2. The normalized spacial score (nSPS) is 14.6.